The van der Waals surface area contributed by atoms with E-state index in [-0.39, 0.29) is 5.75 Å². The molecule has 1 aliphatic heterocycles. The quantitative estimate of drug-likeness (QED) is 0.765. The van der Waals surface area contributed by atoms with Gasteiger partial charge in [-0.05, 0) is 36.8 Å². The van der Waals surface area contributed by atoms with Gasteiger partial charge in [0.25, 0.3) is 0 Å². The van der Waals surface area contributed by atoms with Gasteiger partial charge in [0.05, 0.1) is 6.33 Å². The molecule has 0 radical (unpaired) electrons. The number of fused-ring (bicyclic) bond motifs is 1. The van der Waals surface area contributed by atoms with Crippen molar-refractivity contribution in [3.63, 3.8) is 0 Å². The number of phenolic OH excluding ortho intramolecular Hbond substituents is 1. The Morgan fingerprint density at radius 3 is 3.04 bits per heavy atom. The molecule has 24 heavy (non-hydrogen) atoms. The summed E-state index contributed by atoms with van der Waals surface area (Å²) in [6.45, 7) is 4.98. The lowest BCUT2D eigenvalue weighted by atomic mass is 10.1. The van der Waals surface area contributed by atoms with Crippen LogP contribution in [0.2, 0.25) is 0 Å². The monoisotopic (exact) mass is 341 g/mol. The molecule has 0 atom stereocenters. The van der Waals surface area contributed by atoms with E-state index >= 15 is 0 Å². The van der Waals surface area contributed by atoms with Gasteiger partial charge in [0.1, 0.15) is 6.61 Å². The molecular weight excluding hydrogens is 322 g/mol. The first-order chi connectivity index (χ1) is 11.7. The van der Waals surface area contributed by atoms with Crippen LogP contribution in [-0.2, 0) is 13.1 Å². The highest BCUT2D eigenvalue weighted by Crippen LogP contribution is 2.39. The number of rotatable bonds is 3. The second-order valence-electron chi connectivity index (χ2n) is 6.03. The third-order valence-corrected chi connectivity index (χ3v) is 5.22. The summed E-state index contributed by atoms with van der Waals surface area (Å²) in [5, 5.41) is 10.4. The number of nitrogens with zero attached hydrogens (tertiary/aromatic N) is 2. The van der Waals surface area contributed by atoms with Crippen molar-refractivity contribution in [2.45, 2.75) is 20.0 Å². The molecule has 3 aromatic rings. The Kier molecular flexibility index (Phi) is 4.00. The minimum Gasteiger partial charge on any atom is -0.504 e. The average molecular weight is 341 g/mol. The Hall–Kier alpha value is -2.31. The molecule has 0 bridgehead atoms. The summed E-state index contributed by atoms with van der Waals surface area (Å²) < 4.78 is 5.81. The minimum absolute atomic E-state index is 0.219. The van der Waals surface area contributed by atoms with E-state index in [2.05, 4.69) is 40.0 Å². The molecule has 2 aromatic heterocycles. The number of ether oxygens (including phenoxy) is 1. The predicted octanol–water partition coefficient (Wildman–Crippen LogP) is 3.55. The number of aromatic hydroxyl groups is 1. The number of thiophene rings is 1. The summed E-state index contributed by atoms with van der Waals surface area (Å²) in [7, 11) is 0. The van der Waals surface area contributed by atoms with Crippen molar-refractivity contribution >= 4 is 11.3 Å². The molecular formula is C18H19N3O2S. The molecule has 6 heteroatoms. The standard InChI is InChI=1S/C18H19N3O2S/c1-12-2-3-17(24-12)13-6-14-9-21(10-15-8-19-11-20-15)4-5-23-18(14)16(22)7-13/h2-3,6-8,11,22H,4-5,9-10H2,1H3,(H,19,20). The summed E-state index contributed by atoms with van der Waals surface area (Å²) in [5.41, 5.74) is 3.14. The number of hydrogen-bond donors (Lipinski definition) is 2. The zero-order valence-corrected chi connectivity index (χ0v) is 14.3. The molecule has 0 saturated heterocycles. The van der Waals surface area contributed by atoms with Crippen molar-refractivity contribution in [3.05, 3.63) is 52.9 Å². The van der Waals surface area contributed by atoms with Crippen LogP contribution in [0.15, 0.2) is 36.8 Å². The third-order valence-electron chi connectivity index (χ3n) is 4.17. The van der Waals surface area contributed by atoms with Gasteiger partial charge in [0.2, 0.25) is 0 Å². The van der Waals surface area contributed by atoms with Crippen molar-refractivity contribution in [2.75, 3.05) is 13.2 Å². The van der Waals surface area contributed by atoms with E-state index in [4.69, 9.17) is 4.74 Å². The van der Waals surface area contributed by atoms with E-state index in [1.807, 2.05) is 6.20 Å². The highest BCUT2D eigenvalue weighted by atomic mass is 32.1. The number of phenols is 1. The Morgan fingerprint density at radius 1 is 1.38 bits per heavy atom. The maximum absolute atomic E-state index is 10.4. The molecule has 4 rings (SSSR count). The molecule has 0 unspecified atom stereocenters. The molecule has 2 N–H and O–H groups in total. The summed E-state index contributed by atoms with van der Waals surface area (Å²) in [6, 6.07) is 8.13. The second-order valence-corrected chi connectivity index (χ2v) is 7.32. The van der Waals surface area contributed by atoms with E-state index in [0.29, 0.717) is 12.4 Å². The van der Waals surface area contributed by atoms with E-state index in [0.717, 1.165) is 41.3 Å². The van der Waals surface area contributed by atoms with E-state index in [9.17, 15) is 5.11 Å². The maximum atomic E-state index is 10.4. The number of aromatic nitrogens is 2. The number of imidazole rings is 1. The summed E-state index contributed by atoms with van der Waals surface area (Å²) >= 11 is 1.73. The number of H-pyrrole nitrogens is 1. The molecule has 1 aromatic carbocycles. The lowest BCUT2D eigenvalue weighted by Crippen LogP contribution is -2.25. The third kappa shape index (κ3) is 3.02. The SMILES string of the molecule is Cc1ccc(-c2cc(O)c3c(c2)CN(Cc2cnc[nH]2)CCO3)s1. The number of nitrogens with one attached hydrogen (secondary N) is 1. The lowest BCUT2D eigenvalue weighted by molar-refractivity contribution is 0.215. The lowest BCUT2D eigenvalue weighted by Gasteiger charge is -2.18. The fraction of sp³-hybridized carbons (Fsp3) is 0.278. The van der Waals surface area contributed by atoms with Gasteiger partial charge in [0, 0.05) is 46.8 Å². The average Bonchev–Trinajstić information content (AvgIpc) is 3.16. The van der Waals surface area contributed by atoms with Crippen molar-refractivity contribution in [1.29, 1.82) is 0 Å². The predicted molar refractivity (Wildman–Crippen MR) is 94.4 cm³/mol. The number of aromatic amines is 1. The molecule has 124 valence electrons. The fourth-order valence-corrected chi connectivity index (χ4v) is 3.89. The highest BCUT2D eigenvalue weighted by molar-refractivity contribution is 7.15. The van der Waals surface area contributed by atoms with Crippen LogP contribution in [0.4, 0.5) is 0 Å². The Balaban J connectivity index is 1.65. The summed E-state index contributed by atoms with van der Waals surface area (Å²) in [6.07, 6.45) is 3.54. The summed E-state index contributed by atoms with van der Waals surface area (Å²) in [5.74, 6) is 0.830. The molecule has 0 saturated carbocycles. The molecule has 1 aliphatic rings. The number of benzene rings is 1. The molecule has 0 fully saturated rings. The number of hydrogen-bond acceptors (Lipinski definition) is 5. The van der Waals surface area contributed by atoms with Gasteiger partial charge < -0.3 is 14.8 Å². The van der Waals surface area contributed by atoms with Crippen LogP contribution >= 0.6 is 11.3 Å². The Morgan fingerprint density at radius 2 is 2.29 bits per heavy atom. The van der Waals surface area contributed by atoms with Crippen LogP contribution in [0.1, 0.15) is 16.1 Å². The first-order valence-corrected chi connectivity index (χ1v) is 8.76. The van der Waals surface area contributed by atoms with Crippen LogP contribution in [-0.4, -0.2) is 33.1 Å². The van der Waals surface area contributed by atoms with Gasteiger partial charge in [0.15, 0.2) is 11.5 Å². The van der Waals surface area contributed by atoms with Crippen LogP contribution in [0.5, 0.6) is 11.5 Å². The minimum atomic E-state index is 0.219. The zero-order chi connectivity index (χ0) is 16.5. The maximum Gasteiger partial charge on any atom is 0.165 e. The topological polar surface area (TPSA) is 61.4 Å². The summed E-state index contributed by atoms with van der Waals surface area (Å²) in [4.78, 5) is 11.9. The van der Waals surface area contributed by atoms with Gasteiger partial charge in [-0.25, -0.2) is 4.98 Å². The Bertz CT molecular complexity index is 842. The van der Waals surface area contributed by atoms with Gasteiger partial charge in [-0.1, -0.05) is 0 Å². The van der Waals surface area contributed by atoms with Crippen LogP contribution < -0.4 is 4.74 Å². The molecule has 3 heterocycles. The first-order valence-electron chi connectivity index (χ1n) is 7.94. The van der Waals surface area contributed by atoms with Crippen LogP contribution in [0.25, 0.3) is 10.4 Å². The normalized spacial score (nSPS) is 14.9. The van der Waals surface area contributed by atoms with Gasteiger partial charge in [-0.3, -0.25) is 4.90 Å². The van der Waals surface area contributed by atoms with Gasteiger partial charge in [-0.15, -0.1) is 11.3 Å². The molecule has 5 nitrogen and oxygen atoms in total. The largest absolute Gasteiger partial charge is 0.504 e. The Labute approximate surface area is 144 Å². The van der Waals surface area contributed by atoms with E-state index < -0.39 is 0 Å². The molecule has 0 spiro atoms. The highest BCUT2D eigenvalue weighted by Gasteiger charge is 2.20. The van der Waals surface area contributed by atoms with Crippen LogP contribution in [0, 0.1) is 6.92 Å². The molecule has 0 amide bonds. The fourth-order valence-electron chi connectivity index (χ4n) is 3.03. The zero-order valence-electron chi connectivity index (χ0n) is 13.5. The molecule has 0 aliphatic carbocycles. The second kappa shape index (κ2) is 6.30. The first kappa shape index (κ1) is 15.2. The van der Waals surface area contributed by atoms with Crippen molar-refractivity contribution in [3.8, 4) is 21.9 Å². The van der Waals surface area contributed by atoms with E-state index in [1.165, 1.54) is 4.88 Å². The van der Waals surface area contributed by atoms with E-state index in [1.54, 1.807) is 23.7 Å². The van der Waals surface area contributed by atoms with Crippen molar-refractivity contribution < 1.29 is 9.84 Å². The number of aryl methyl sites for hydroxylation is 1. The van der Waals surface area contributed by atoms with Gasteiger partial charge in [-0.2, -0.15) is 0 Å². The van der Waals surface area contributed by atoms with Crippen LogP contribution in [0.3, 0.4) is 0 Å². The smallest absolute Gasteiger partial charge is 0.165 e. The van der Waals surface area contributed by atoms with Crippen molar-refractivity contribution in [1.82, 2.24) is 14.9 Å². The van der Waals surface area contributed by atoms with Gasteiger partial charge >= 0.3 is 0 Å². The van der Waals surface area contributed by atoms with Crippen molar-refractivity contribution in [2.24, 2.45) is 0 Å².